The third-order valence-electron chi connectivity index (χ3n) is 5.87. The molecular formula is C25H26ClN3O. The van der Waals surface area contributed by atoms with Gasteiger partial charge in [-0.1, -0.05) is 35.9 Å². The summed E-state index contributed by atoms with van der Waals surface area (Å²) in [5, 5.41) is 9.75. The maximum atomic E-state index is 9.24. The number of nitrogens with zero attached hydrogens (tertiary/aromatic N) is 3. The van der Waals surface area contributed by atoms with Crippen LogP contribution in [-0.2, 0) is 13.1 Å². The van der Waals surface area contributed by atoms with Crippen LogP contribution in [0, 0.1) is 25.2 Å². The highest BCUT2D eigenvalue weighted by Gasteiger charge is 2.29. The number of nitriles is 1. The van der Waals surface area contributed by atoms with Crippen molar-refractivity contribution in [2.24, 2.45) is 0 Å². The molecule has 0 spiro atoms. The average Bonchev–Trinajstić information content (AvgIpc) is 3.36. The maximum absolute atomic E-state index is 9.24. The number of rotatable bonds is 6. The van der Waals surface area contributed by atoms with E-state index >= 15 is 0 Å². The Bertz CT molecular complexity index is 1070. The summed E-state index contributed by atoms with van der Waals surface area (Å²) in [6, 6.07) is 20.9. The molecule has 1 atom stereocenters. The topological polar surface area (TPSA) is 43.4 Å². The fourth-order valence-electron chi connectivity index (χ4n) is 4.18. The van der Waals surface area contributed by atoms with E-state index in [4.69, 9.17) is 16.0 Å². The Morgan fingerprint density at radius 2 is 2.00 bits per heavy atom. The molecule has 4 nitrogen and oxygen atoms in total. The lowest BCUT2D eigenvalue weighted by Gasteiger charge is -2.32. The summed E-state index contributed by atoms with van der Waals surface area (Å²) in [7, 11) is 0. The van der Waals surface area contributed by atoms with Crippen LogP contribution in [-0.4, -0.2) is 24.0 Å². The van der Waals surface area contributed by atoms with E-state index in [1.165, 1.54) is 11.1 Å². The van der Waals surface area contributed by atoms with Crippen LogP contribution in [0.25, 0.3) is 0 Å². The fourth-order valence-corrected chi connectivity index (χ4v) is 4.39. The van der Waals surface area contributed by atoms with E-state index in [2.05, 4.69) is 53.1 Å². The lowest BCUT2D eigenvalue weighted by molar-refractivity contribution is 0.290. The second-order valence-electron chi connectivity index (χ2n) is 8.02. The molecule has 2 heterocycles. The summed E-state index contributed by atoms with van der Waals surface area (Å²) >= 11 is 6.38. The number of anilines is 1. The summed E-state index contributed by atoms with van der Waals surface area (Å²) in [5.41, 5.74) is 4.15. The highest BCUT2D eigenvalue weighted by Crippen LogP contribution is 2.30. The number of hydrogen-bond donors (Lipinski definition) is 0. The van der Waals surface area contributed by atoms with Gasteiger partial charge in [0.1, 0.15) is 17.6 Å². The van der Waals surface area contributed by atoms with Gasteiger partial charge in [-0.3, -0.25) is 4.90 Å². The molecule has 1 aliphatic heterocycles. The van der Waals surface area contributed by atoms with E-state index in [-0.39, 0.29) is 0 Å². The number of aryl methyl sites for hydroxylation is 2. The van der Waals surface area contributed by atoms with Crippen LogP contribution < -0.4 is 4.90 Å². The van der Waals surface area contributed by atoms with Gasteiger partial charge in [0, 0.05) is 31.4 Å². The first-order valence-corrected chi connectivity index (χ1v) is 10.7. The first-order chi connectivity index (χ1) is 14.5. The highest BCUT2D eigenvalue weighted by atomic mass is 35.5. The van der Waals surface area contributed by atoms with Crippen molar-refractivity contribution in [2.75, 3.05) is 18.0 Å². The monoisotopic (exact) mass is 419 g/mol. The highest BCUT2D eigenvalue weighted by molar-refractivity contribution is 6.32. The molecule has 4 rings (SSSR count). The van der Waals surface area contributed by atoms with Gasteiger partial charge >= 0.3 is 0 Å². The minimum absolute atomic E-state index is 0.365. The van der Waals surface area contributed by atoms with Crippen molar-refractivity contribution >= 4 is 17.3 Å². The standard InChI is InChI=1S/C25H26ClN3O/c1-18-5-3-4-6-21(18)15-29(22-9-8-20(14-27)25(26)13-22)23-11-12-28(16-23)17-24-10-7-19(2)30-24/h3-10,13,23H,11-12,15-17H2,1-2H3/t23-/m0/s1. The van der Waals surface area contributed by atoms with E-state index in [1.54, 1.807) is 0 Å². The zero-order valence-electron chi connectivity index (χ0n) is 17.4. The van der Waals surface area contributed by atoms with Crippen LogP contribution in [0.3, 0.4) is 0 Å². The van der Waals surface area contributed by atoms with Gasteiger partial charge in [-0.25, -0.2) is 0 Å². The van der Waals surface area contributed by atoms with Crippen LogP contribution in [0.2, 0.25) is 5.02 Å². The molecule has 0 radical (unpaired) electrons. The molecule has 2 aromatic carbocycles. The van der Waals surface area contributed by atoms with Crippen molar-refractivity contribution in [1.29, 1.82) is 5.26 Å². The molecule has 1 aromatic heterocycles. The largest absolute Gasteiger partial charge is 0.465 e. The van der Waals surface area contributed by atoms with E-state index < -0.39 is 0 Å². The maximum Gasteiger partial charge on any atom is 0.118 e. The summed E-state index contributed by atoms with van der Waals surface area (Å²) in [4.78, 5) is 4.88. The SMILES string of the molecule is Cc1ccc(CN2CC[C@H](N(Cc3ccccc3C)c3ccc(C#N)c(Cl)c3)C2)o1. The van der Waals surface area contributed by atoms with Crippen molar-refractivity contribution < 1.29 is 4.42 Å². The summed E-state index contributed by atoms with van der Waals surface area (Å²) in [6.45, 7) is 7.76. The Balaban J connectivity index is 1.58. The van der Waals surface area contributed by atoms with Crippen LogP contribution >= 0.6 is 11.6 Å². The molecule has 0 unspecified atom stereocenters. The van der Waals surface area contributed by atoms with Crippen LogP contribution in [0.4, 0.5) is 5.69 Å². The second-order valence-corrected chi connectivity index (χ2v) is 8.43. The Morgan fingerprint density at radius 3 is 2.70 bits per heavy atom. The number of hydrogen-bond acceptors (Lipinski definition) is 4. The molecule has 3 aromatic rings. The number of benzene rings is 2. The van der Waals surface area contributed by atoms with Crippen molar-refractivity contribution in [3.05, 3.63) is 87.8 Å². The Hall–Kier alpha value is -2.74. The van der Waals surface area contributed by atoms with Gasteiger partial charge in [0.15, 0.2) is 0 Å². The quantitative estimate of drug-likeness (QED) is 0.513. The molecule has 0 aliphatic carbocycles. The number of likely N-dealkylation sites (tertiary alicyclic amines) is 1. The Kier molecular flexibility index (Phi) is 6.13. The van der Waals surface area contributed by atoms with E-state index in [9.17, 15) is 5.26 Å². The van der Waals surface area contributed by atoms with Gasteiger partial charge in [0.2, 0.25) is 0 Å². The molecule has 30 heavy (non-hydrogen) atoms. The minimum Gasteiger partial charge on any atom is -0.465 e. The lowest BCUT2D eigenvalue weighted by atomic mass is 10.1. The van der Waals surface area contributed by atoms with Crippen LogP contribution in [0.5, 0.6) is 0 Å². The second kappa shape index (κ2) is 8.95. The van der Waals surface area contributed by atoms with Crippen molar-refractivity contribution in [2.45, 2.75) is 39.4 Å². The predicted molar refractivity (Wildman–Crippen MR) is 121 cm³/mol. The molecule has 1 saturated heterocycles. The van der Waals surface area contributed by atoms with Crippen molar-refractivity contribution in [3.63, 3.8) is 0 Å². The number of furan rings is 1. The summed E-state index contributed by atoms with van der Waals surface area (Å²) < 4.78 is 5.78. The third-order valence-corrected chi connectivity index (χ3v) is 6.18. The molecule has 0 amide bonds. The predicted octanol–water partition coefficient (Wildman–Crippen LogP) is 5.70. The molecular weight excluding hydrogens is 394 g/mol. The van der Waals surface area contributed by atoms with Gasteiger partial charge in [0.25, 0.3) is 0 Å². The summed E-state index contributed by atoms with van der Waals surface area (Å²) in [5.74, 6) is 1.97. The zero-order valence-corrected chi connectivity index (χ0v) is 18.2. The van der Waals surface area contributed by atoms with Crippen molar-refractivity contribution in [1.82, 2.24) is 4.90 Å². The summed E-state index contributed by atoms with van der Waals surface area (Å²) in [6.07, 6.45) is 1.07. The van der Waals surface area contributed by atoms with Crippen LogP contribution in [0.15, 0.2) is 59.0 Å². The normalized spacial score (nSPS) is 16.5. The van der Waals surface area contributed by atoms with Gasteiger partial charge < -0.3 is 9.32 Å². The Labute approximate surface area is 183 Å². The minimum atomic E-state index is 0.365. The molecule has 1 aliphatic rings. The first-order valence-electron chi connectivity index (χ1n) is 10.3. The average molecular weight is 420 g/mol. The third kappa shape index (κ3) is 4.53. The zero-order chi connectivity index (χ0) is 21.1. The molecule has 0 N–H and O–H groups in total. The molecule has 5 heteroatoms. The van der Waals surface area contributed by atoms with E-state index in [1.807, 2.05) is 31.2 Å². The van der Waals surface area contributed by atoms with E-state index in [0.29, 0.717) is 16.6 Å². The molecule has 0 saturated carbocycles. The van der Waals surface area contributed by atoms with Gasteiger partial charge in [0.05, 0.1) is 17.1 Å². The molecule has 1 fully saturated rings. The molecule has 0 bridgehead atoms. The van der Waals surface area contributed by atoms with Gasteiger partial charge in [-0.15, -0.1) is 0 Å². The van der Waals surface area contributed by atoms with Gasteiger partial charge in [-0.05, 0) is 61.7 Å². The smallest absolute Gasteiger partial charge is 0.118 e. The molecule has 154 valence electrons. The lowest BCUT2D eigenvalue weighted by Crippen LogP contribution is -2.37. The fraction of sp³-hybridized carbons (Fsp3) is 0.320. The number of halogens is 1. The van der Waals surface area contributed by atoms with Gasteiger partial charge in [-0.2, -0.15) is 5.26 Å². The van der Waals surface area contributed by atoms with Crippen LogP contribution in [0.1, 0.15) is 34.6 Å². The van der Waals surface area contributed by atoms with Crippen molar-refractivity contribution in [3.8, 4) is 6.07 Å². The van der Waals surface area contributed by atoms with E-state index in [0.717, 1.165) is 49.8 Å². The first kappa shape index (κ1) is 20.5. The Morgan fingerprint density at radius 1 is 1.17 bits per heavy atom.